The van der Waals surface area contributed by atoms with E-state index < -0.39 is 5.97 Å². The molecule has 5 nitrogen and oxygen atoms in total. The number of aryl methyl sites for hydroxylation is 1. The number of esters is 1. The molecule has 0 saturated heterocycles. The third kappa shape index (κ3) is 4.78. The number of carbonyl (C=O) groups excluding carboxylic acids is 1. The van der Waals surface area contributed by atoms with E-state index in [-0.39, 0.29) is 12.5 Å². The first-order valence-corrected chi connectivity index (χ1v) is 7.98. The van der Waals surface area contributed by atoms with Gasteiger partial charge in [-0.15, -0.1) is 10.2 Å². The van der Waals surface area contributed by atoms with E-state index in [2.05, 4.69) is 10.2 Å². The molecule has 3 aromatic rings. The van der Waals surface area contributed by atoms with Gasteiger partial charge >= 0.3 is 5.97 Å². The van der Waals surface area contributed by atoms with Crippen molar-refractivity contribution in [2.45, 2.75) is 13.5 Å². The van der Waals surface area contributed by atoms with Crippen molar-refractivity contribution in [3.05, 3.63) is 76.6 Å². The van der Waals surface area contributed by atoms with Gasteiger partial charge in [-0.1, -0.05) is 41.4 Å². The highest BCUT2D eigenvalue weighted by Gasteiger charge is 2.10. The molecule has 1 aromatic heterocycles. The van der Waals surface area contributed by atoms with Gasteiger partial charge in [-0.3, -0.25) is 0 Å². The van der Waals surface area contributed by atoms with Crippen molar-refractivity contribution in [1.29, 1.82) is 0 Å². The molecular formula is C19H15ClN2O3. The highest BCUT2D eigenvalue weighted by Crippen LogP contribution is 2.19. The average Bonchev–Trinajstić information content (AvgIpc) is 3.07. The Labute approximate surface area is 149 Å². The molecule has 0 aliphatic carbocycles. The number of hydrogen-bond acceptors (Lipinski definition) is 5. The minimum atomic E-state index is -0.504. The van der Waals surface area contributed by atoms with Crippen molar-refractivity contribution in [3.8, 4) is 11.5 Å². The first-order chi connectivity index (χ1) is 12.1. The Morgan fingerprint density at radius 2 is 2.04 bits per heavy atom. The molecule has 0 atom stereocenters. The van der Waals surface area contributed by atoms with Gasteiger partial charge in [0.05, 0.1) is 0 Å². The number of halogens is 1. The quantitative estimate of drug-likeness (QED) is 0.500. The van der Waals surface area contributed by atoms with Gasteiger partial charge in [0, 0.05) is 16.7 Å². The van der Waals surface area contributed by atoms with E-state index in [0.717, 1.165) is 16.7 Å². The number of carbonyl (C=O) groups is 1. The number of hydrogen-bond donors (Lipinski definition) is 0. The number of rotatable bonds is 5. The lowest BCUT2D eigenvalue weighted by Gasteiger charge is -1.98. The van der Waals surface area contributed by atoms with Crippen molar-refractivity contribution in [1.82, 2.24) is 10.2 Å². The molecule has 6 heteroatoms. The SMILES string of the molecule is Cc1cccc(-c2nnc(COC(=O)/C=C/c3cccc(Cl)c3)o2)c1. The van der Waals surface area contributed by atoms with E-state index in [1.807, 2.05) is 37.3 Å². The Morgan fingerprint density at radius 1 is 1.20 bits per heavy atom. The first kappa shape index (κ1) is 16.9. The van der Waals surface area contributed by atoms with Crippen LogP contribution in [0.5, 0.6) is 0 Å². The summed E-state index contributed by atoms with van der Waals surface area (Å²) in [6, 6.07) is 14.9. The maximum absolute atomic E-state index is 11.8. The molecule has 0 aliphatic heterocycles. The summed E-state index contributed by atoms with van der Waals surface area (Å²) < 4.78 is 10.6. The van der Waals surface area contributed by atoms with Crippen LogP contribution in [0.1, 0.15) is 17.0 Å². The summed E-state index contributed by atoms with van der Waals surface area (Å²) in [7, 11) is 0. The lowest BCUT2D eigenvalue weighted by atomic mass is 10.1. The van der Waals surface area contributed by atoms with E-state index >= 15 is 0 Å². The largest absolute Gasteiger partial charge is 0.452 e. The van der Waals surface area contributed by atoms with Crippen LogP contribution in [-0.4, -0.2) is 16.2 Å². The van der Waals surface area contributed by atoms with E-state index in [0.29, 0.717) is 10.9 Å². The Bertz CT molecular complexity index is 918. The maximum atomic E-state index is 11.8. The smallest absolute Gasteiger partial charge is 0.331 e. The molecule has 0 bridgehead atoms. The molecule has 1 heterocycles. The van der Waals surface area contributed by atoms with E-state index in [4.69, 9.17) is 20.8 Å². The van der Waals surface area contributed by atoms with E-state index in [1.54, 1.807) is 24.3 Å². The fourth-order valence-electron chi connectivity index (χ4n) is 2.16. The summed E-state index contributed by atoms with van der Waals surface area (Å²) in [5.41, 5.74) is 2.73. The summed E-state index contributed by atoms with van der Waals surface area (Å²) in [4.78, 5) is 11.8. The summed E-state index contributed by atoms with van der Waals surface area (Å²) in [6.07, 6.45) is 2.95. The minimum absolute atomic E-state index is 0.0858. The average molecular weight is 355 g/mol. The van der Waals surface area contributed by atoms with Crippen LogP contribution in [-0.2, 0) is 16.1 Å². The summed E-state index contributed by atoms with van der Waals surface area (Å²) in [5, 5.41) is 8.46. The Kier molecular flexibility index (Phi) is 5.26. The van der Waals surface area contributed by atoms with Crippen molar-refractivity contribution in [3.63, 3.8) is 0 Å². The van der Waals surface area contributed by atoms with Gasteiger partial charge in [0.1, 0.15) is 0 Å². The van der Waals surface area contributed by atoms with E-state index in [1.165, 1.54) is 6.08 Å². The molecule has 0 unspecified atom stereocenters. The van der Waals surface area contributed by atoms with Crippen LogP contribution >= 0.6 is 11.6 Å². The van der Waals surface area contributed by atoms with Gasteiger partial charge in [0.25, 0.3) is 5.89 Å². The number of benzene rings is 2. The fraction of sp³-hybridized carbons (Fsp3) is 0.105. The second-order valence-electron chi connectivity index (χ2n) is 5.37. The van der Waals surface area contributed by atoms with Gasteiger partial charge < -0.3 is 9.15 Å². The number of ether oxygens (including phenoxy) is 1. The molecule has 0 radical (unpaired) electrons. The summed E-state index contributed by atoms with van der Waals surface area (Å²) >= 11 is 5.89. The van der Waals surface area contributed by atoms with Crippen LogP contribution in [0.15, 0.2) is 59.0 Å². The van der Waals surface area contributed by atoms with Crippen LogP contribution in [0, 0.1) is 6.92 Å². The maximum Gasteiger partial charge on any atom is 0.331 e. The zero-order valence-corrected chi connectivity index (χ0v) is 14.2. The standard InChI is InChI=1S/C19H15ClN2O3/c1-13-4-2-6-15(10-13)19-22-21-17(25-19)12-24-18(23)9-8-14-5-3-7-16(20)11-14/h2-11H,12H2,1H3/b9-8+. The van der Waals surface area contributed by atoms with Gasteiger partial charge in [-0.05, 0) is 42.8 Å². The summed E-state index contributed by atoms with van der Waals surface area (Å²) in [5.74, 6) is 0.125. The van der Waals surface area contributed by atoms with Crippen molar-refractivity contribution in [2.75, 3.05) is 0 Å². The third-order valence-corrected chi connectivity index (χ3v) is 3.57. The van der Waals surface area contributed by atoms with E-state index in [9.17, 15) is 4.79 Å². The topological polar surface area (TPSA) is 65.2 Å². The summed E-state index contributed by atoms with van der Waals surface area (Å²) in [6.45, 7) is 1.90. The Morgan fingerprint density at radius 3 is 2.84 bits per heavy atom. The lowest BCUT2D eigenvalue weighted by molar-refractivity contribution is -0.139. The van der Waals surface area contributed by atoms with Gasteiger partial charge in [0.2, 0.25) is 5.89 Å². The number of nitrogens with zero attached hydrogens (tertiary/aromatic N) is 2. The molecule has 0 spiro atoms. The molecule has 0 fully saturated rings. The Balaban J connectivity index is 1.58. The zero-order chi connectivity index (χ0) is 17.6. The fourth-order valence-corrected chi connectivity index (χ4v) is 2.36. The van der Waals surface area contributed by atoms with Crippen LogP contribution in [0.25, 0.3) is 17.5 Å². The monoisotopic (exact) mass is 354 g/mol. The first-order valence-electron chi connectivity index (χ1n) is 7.60. The third-order valence-electron chi connectivity index (χ3n) is 3.33. The Hall–Kier alpha value is -2.92. The normalized spacial score (nSPS) is 11.0. The highest BCUT2D eigenvalue weighted by atomic mass is 35.5. The second kappa shape index (κ2) is 7.77. The molecule has 2 aromatic carbocycles. The molecular weight excluding hydrogens is 340 g/mol. The molecule has 0 saturated carbocycles. The van der Waals surface area contributed by atoms with Crippen LogP contribution < -0.4 is 0 Å². The predicted molar refractivity (Wildman–Crippen MR) is 94.8 cm³/mol. The lowest BCUT2D eigenvalue weighted by Crippen LogP contribution is -2.00. The van der Waals surface area contributed by atoms with Crippen molar-refractivity contribution in [2.24, 2.45) is 0 Å². The second-order valence-corrected chi connectivity index (χ2v) is 5.80. The minimum Gasteiger partial charge on any atom is -0.452 e. The predicted octanol–water partition coefficient (Wildman–Crippen LogP) is 4.46. The van der Waals surface area contributed by atoms with Crippen LogP contribution in [0.4, 0.5) is 0 Å². The van der Waals surface area contributed by atoms with Crippen LogP contribution in [0.2, 0.25) is 5.02 Å². The molecule has 25 heavy (non-hydrogen) atoms. The molecule has 126 valence electrons. The van der Waals surface area contributed by atoms with Gasteiger partial charge in [0.15, 0.2) is 6.61 Å². The zero-order valence-electron chi connectivity index (χ0n) is 13.5. The van der Waals surface area contributed by atoms with Crippen LogP contribution in [0.3, 0.4) is 0 Å². The van der Waals surface area contributed by atoms with Crippen molar-refractivity contribution >= 4 is 23.6 Å². The molecule has 0 amide bonds. The van der Waals surface area contributed by atoms with Gasteiger partial charge in [-0.25, -0.2) is 4.79 Å². The highest BCUT2D eigenvalue weighted by molar-refractivity contribution is 6.30. The molecule has 0 N–H and O–H groups in total. The molecule has 3 rings (SSSR count). The molecule has 0 aliphatic rings. The van der Waals surface area contributed by atoms with Crippen molar-refractivity contribution < 1.29 is 13.9 Å². The number of aromatic nitrogens is 2. The van der Waals surface area contributed by atoms with Gasteiger partial charge in [-0.2, -0.15) is 0 Å².